The summed E-state index contributed by atoms with van der Waals surface area (Å²) in [5.41, 5.74) is 3.45. The molecule has 1 aliphatic rings. The Balaban J connectivity index is 2.04. The van der Waals surface area contributed by atoms with E-state index in [4.69, 9.17) is 0 Å². The molecule has 2 aromatic carbocycles. The van der Waals surface area contributed by atoms with Gasteiger partial charge in [-0.3, -0.25) is 0 Å². The van der Waals surface area contributed by atoms with Crippen molar-refractivity contribution in [3.8, 4) is 0 Å². The highest BCUT2D eigenvalue weighted by atomic mass is 16.4. The van der Waals surface area contributed by atoms with Gasteiger partial charge in [-0.05, 0) is 22.8 Å². The molecule has 0 amide bonds. The van der Waals surface area contributed by atoms with Crippen LogP contribution in [0.15, 0.2) is 66.2 Å². The number of fused-ring (bicyclic) bond motifs is 1. The number of hydrogen-bond acceptors (Lipinski definition) is 1. The van der Waals surface area contributed by atoms with E-state index in [1.807, 2.05) is 66.7 Å². The third kappa shape index (κ3) is 2.28. The summed E-state index contributed by atoms with van der Waals surface area (Å²) in [6, 6.07) is 17.5. The molecule has 1 unspecified atom stereocenters. The van der Waals surface area contributed by atoms with Crippen LogP contribution in [0.1, 0.15) is 22.6 Å². The van der Waals surface area contributed by atoms with E-state index < -0.39 is 5.97 Å². The van der Waals surface area contributed by atoms with E-state index in [1.165, 1.54) is 0 Å². The fraction of sp³-hybridized carbons (Fsp3) is 0.0556. The first-order valence-electron chi connectivity index (χ1n) is 6.53. The normalized spacial score (nSPS) is 17.0. The average molecular weight is 262 g/mol. The van der Waals surface area contributed by atoms with E-state index in [2.05, 4.69) is 0 Å². The molecule has 98 valence electrons. The minimum Gasteiger partial charge on any atom is -0.478 e. The molecule has 0 fully saturated rings. The molecule has 0 radical (unpaired) electrons. The summed E-state index contributed by atoms with van der Waals surface area (Å²) < 4.78 is 0. The van der Waals surface area contributed by atoms with Gasteiger partial charge in [-0.25, -0.2) is 4.79 Å². The fourth-order valence-electron chi connectivity index (χ4n) is 2.53. The number of aliphatic carboxylic acids is 1. The van der Waals surface area contributed by atoms with E-state index in [-0.39, 0.29) is 5.92 Å². The van der Waals surface area contributed by atoms with Crippen molar-refractivity contribution in [3.05, 3.63) is 82.9 Å². The lowest BCUT2D eigenvalue weighted by Gasteiger charge is -2.12. The lowest BCUT2D eigenvalue weighted by molar-refractivity contribution is -0.132. The maximum absolute atomic E-state index is 11.6. The Hall–Kier alpha value is -2.61. The van der Waals surface area contributed by atoms with Gasteiger partial charge in [-0.15, -0.1) is 0 Å². The van der Waals surface area contributed by atoms with Gasteiger partial charge >= 0.3 is 5.97 Å². The Bertz CT molecular complexity index is 696. The monoisotopic (exact) mass is 262 g/mol. The van der Waals surface area contributed by atoms with Gasteiger partial charge in [0, 0.05) is 11.5 Å². The van der Waals surface area contributed by atoms with Gasteiger partial charge in [-0.2, -0.15) is 0 Å². The summed E-state index contributed by atoms with van der Waals surface area (Å²) in [5.74, 6) is -1.05. The number of hydrogen-bond donors (Lipinski definition) is 1. The van der Waals surface area contributed by atoms with E-state index in [9.17, 15) is 9.90 Å². The predicted octanol–water partition coefficient (Wildman–Crippen LogP) is 3.97. The maximum atomic E-state index is 11.6. The number of rotatable bonds is 3. The first kappa shape index (κ1) is 12.4. The third-order valence-corrected chi connectivity index (χ3v) is 3.50. The molecule has 1 N–H and O–H groups in total. The first-order valence-corrected chi connectivity index (χ1v) is 6.53. The van der Waals surface area contributed by atoms with Gasteiger partial charge in [-0.1, -0.05) is 66.7 Å². The molecular formula is C18H14O2. The quantitative estimate of drug-likeness (QED) is 0.850. The topological polar surface area (TPSA) is 37.3 Å². The standard InChI is InChI=1S/C18H14O2/c19-18(20)17(12-13-6-2-1-3-7-13)16-11-10-14-8-4-5-9-15(14)16/h1-12,16H,(H,19,20). The van der Waals surface area contributed by atoms with Crippen LogP contribution in [0.2, 0.25) is 0 Å². The van der Waals surface area contributed by atoms with Crippen LogP contribution < -0.4 is 0 Å². The van der Waals surface area contributed by atoms with Crippen LogP contribution in [0.3, 0.4) is 0 Å². The van der Waals surface area contributed by atoms with Crippen molar-refractivity contribution in [2.24, 2.45) is 0 Å². The molecule has 2 nitrogen and oxygen atoms in total. The second-order valence-corrected chi connectivity index (χ2v) is 4.78. The van der Waals surface area contributed by atoms with Crippen LogP contribution in [0.5, 0.6) is 0 Å². The molecule has 0 saturated carbocycles. The number of allylic oxidation sites excluding steroid dienone is 1. The molecule has 0 saturated heterocycles. The molecule has 0 aromatic heterocycles. The van der Waals surface area contributed by atoms with Crippen molar-refractivity contribution in [1.29, 1.82) is 0 Å². The molecule has 20 heavy (non-hydrogen) atoms. The Morgan fingerprint density at radius 3 is 2.45 bits per heavy atom. The summed E-state index contributed by atoms with van der Waals surface area (Å²) in [5, 5.41) is 9.52. The van der Waals surface area contributed by atoms with Gasteiger partial charge in [0.15, 0.2) is 0 Å². The second kappa shape index (κ2) is 5.17. The molecule has 0 heterocycles. The summed E-state index contributed by atoms with van der Waals surface area (Å²) in [7, 11) is 0. The number of carboxylic acids is 1. The van der Waals surface area contributed by atoms with Gasteiger partial charge in [0.25, 0.3) is 0 Å². The third-order valence-electron chi connectivity index (χ3n) is 3.50. The number of benzene rings is 2. The second-order valence-electron chi connectivity index (χ2n) is 4.78. The molecule has 1 atom stereocenters. The number of carboxylic acid groups (broad SMARTS) is 1. The van der Waals surface area contributed by atoms with E-state index >= 15 is 0 Å². The zero-order valence-corrected chi connectivity index (χ0v) is 10.9. The molecule has 3 rings (SSSR count). The van der Waals surface area contributed by atoms with Crippen LogP contribution in [0.25, 0.3) is 12.2 Å². The first-order chi connectivity index (χ1) is 9.75. The van der Waals surface area contributed by atoms with Crippen LogP contribution in [0.4, 0.5) is 0 Å². The molecule has 0 bridgehead atoms. The van der Waals surface area contributed by atoms with Gasteiger partial charge in [0.05, 0.1) is 0 Å². The SMILES string of the molecule is O=C(O)C(=Cc1ccccc1)C1C=Cc2ccccc21. The fourth-order valence-corrected chi connectivity index (χ4v) is 2.53. The lowest BCUT2D eigenvalue weighted by Crippen LogP contribution is -2.08. The van der Waals surface area contributed by atoms with Crippen molar-refractivity contribution >= 4 is 18.1 Å². The van der Waals surface area contributed by atoms with Crippen LogP contribution in [0, 0.1) is 0 Å². The zero-order valence-electron chi connectivity index (χ0n) is 10.9. The largest absolute Gasteiger partial charge is 0.478 e. The minimum atomic E-state index is -0.875. The van der Waals surface area contributed by atoms with Crippen molar-refractivity contribution in [3.63, 3.8) is 0 Å². The minimum absolute atomic E-state index is 0.177. The van der Waals surface area contributed by atoms with E-state index in [1.54, 1.807) is 6.08 Å². The average Bonchev–Trinajstić information content (AvgIpc) is 2.89. The Labute approximate surface area is 117 Å². The summed E-state index contributed by atoms with van der Waals surface area (Å²) in [6.45, 7) is 0. The highest BCUT2D eigenvalue weighted by Gasteiger charge is 2.24. The lowest BCUT2D eigenvalue weighted by atomic mass is 9.91. The van der Waals surface area contributed by atoms with Crippen molar-refractivity contribution in [2.45, 2.75) is 5.92 Å². The van der Waals surface area contributed by atoms with Crippen LogP contribution in [-0.2, 0) is 4.79 Å². The summed E-state index contributed by atoms with van der Waals surface area (Å²) >= 11 is 0. The summed E-state index contributed by atoms with van der Waals surface area (Å²) in [6.07, 6.45) is 5.69. The van der Waals surface area contributed by atoms with Gasteiger partial charge in [0.1, 0.15) is 0 Å². The van der Waals surface area contributed by atoms with E-state index in [0.717, 1.165) is 16.7 Å². The van der Waals surface area contributed by atoms with Gasteiger partial charge < -0.3 is 5.11 Å². The highest BCUT2D eigenvalue weighted by molar-refractivity contribution is 5.95. The van der Waals surface area contributed by atoms with Gasteiger partial charge in [0.2, 0.25) is 0 Å². The molecule has 1 aliphatic carbocycles. The van der Waals surface area contributed by atoms with Crippen molar-refractivity contribution < 1.29 is 9.90 Å². The van der Waals surface area contributed by atoms with Crippen LogP contribution in [-0.4, -0.2) is 11.1 Å². The molecule has 2 aromatic rings. The number of carbonyl (C=O) groups is 1. The van der Waals surface area contributed by atoms with Crippen molar-refractivity contribution in [2.75, 3.05) is 0 Å². The Morgan fingerprint density at radius 2 is 1.70 bits per heavy atom. The van der Waals surface area contributed by atoms with Crippen LogP contribution >= 0.6 is 0 Å². The van der Waals surface area contributed by atoms with E-state index in [0.29, 0.717) is 5.57 Å². The smallest absolute Gasteiger partial charge is 0.332 e. The van der Waals surface area contributed by atoms with Crippen molar-refractivity contribution in [1.82, 2.24) is 0 Å². The maximum Gasteiger partial charge on any atom is 0.332 e. The molecule has 0 aliphatic heterocycles. The Kier molecular flexibility index (Phi) is 3.21. The predicted molar refractivity (Wildman–Crippen MR) is 80.3 cm³/mol. The summed E-state index contributed by atoms with van der Waals surface area (Å²) in [4.78, 5) is 11.6. The molecule has 2 heteroatoms. The molecular weight excluding hydrogens is 248 g/mol. The molecule has 0 spiro atoms. The highest BCUT2D eigenvalue weighted by Crippen LogP contribution is 2.36. The zero-order chi connectivity index (χ0) is 13.9. The Morgan fingerprint density at radius 1 is 1.00 bits per heavy atom.